The van der Waals surface area contributed by atoms with Crippen LogP contribution in [0.4, 0.5) is 0 Å². The Labute approximate surface area is 112 Å². The van der Waals surface area contributed by atoms with Gasteiger partial charge in [-0.25, -0.2) is 0 Å². The van der Waals surface area contributed by atoms with Gasteiger partial charge in [0.1, 0.15) is 0 Å². The molecule has 1 aromatic rings. The summed E-state index contributed by atoms with van der Waals surface area (Å²) in [6.45, 7) is 5.93. The SMILES string of the molecule is CC1(C)CC1CNC1CCc2c(Br)cccc21. The van der Waals surface area contributed by atoms with Gasteiger partial charge in [-0.2, -0.15) is 0 Å². The van der Waals surface area contributed by atoms with Gasteiger partial charge in [0.2, 0.25) is 0 Å². The van der Waals surface area contributed by atoms with E-state index in [1.807, 2.05) is 0 Å². The Morgan fingerprint density at radius 2 is 2.18 bits per heavy atom. The molecule has 92 valence electrons. The Balaban J connectivity index is 1.66. The summed E-state index contributed by atoms with van der Waals surface area (Å²) in [7, 11) is 0. The van der Waals surface area contributed by atoms with Crippen molar-refractivity contribution in [3.05, 3.63) is 33.8 Å². The fourth-order valence-electron chi connectivity index (χ4n) is 3.03. The first kappa shape index (κ1) is 11.7. The molecule has 1 saturated carbocycles. The summed E-state index contributed by atoms with van der Waals surface area (Å²) in [5.41, 5.74) is 3.61. The predicted octanol–water partition coefficient (Wildman–Crippen LogP) is 4.07. The number of hydrogen-bond acceptors (Lipinski definition) is 1. The Kier molecular flexibility index (Phi) is 2.83. The van der Waals surface area contributed by atoms with Crippen molar-refractivity contribution >= 4 is 15.9 Å². The third-order valence-corrected chi connectivity index (χ3v) is 5.28. The topological polar surface area (TPSA) is 12.0 Å². The van der Waals surface area contributed by atoms with Gasteiger partial charge in [0.25, 0.3) is 0 Å². The third-order valence-electron chi connectivity index (χ3n) is 4.54. The molecule has 0 saturated heterocycles. The summed E-state index contributed by atoms with van der Waals surface area (Å²) in [6.07, 6.45) is 3.85. The van der Waals surface area contributed by atoms with Gasteiger partial charge in [0.15, 0.2) is 0 Å². The fraction of sp³-hybridized carbons (Fsp3) is 0.600. The van der Waals surface area contributed by atoms with E-state index in [2.05, 4.69) is 53.3 Å². The van der Waals surface area contributed by atoms with Gasteiger partial charge >= 0.3 is 0 Å². The summed E-state index contributed by atoms with van der Waals surface area (Å²) in [4.78, 5) is 0. The molecule has 1 nitrogen and oxygen atoms in total. The average Bonchev–Trinajstić information content (AvgIpc) is 2.73. The van der Waals surface area contributed by atoms with Gasteiger partial charge in [-0.05, 0) is 54.3 Å². The molecule has 2 aliphatic carbocycles. The van der Waals surface area contributed by atoms with Crippen molar-refractivity contribution in [3.63, 3.8) is 0 Å². The number of hydrogen-bond donors (Lipinski definition) is 1. The molecular formula is C15H20BrN. The van der Waals surface area contributed by atoms with Crippen molar-refractivity contribution in [1.29, 1.82) is 0 Å². The highest BCUT2D eigenvalue weighted by Crippen LogP contribution is 2.51. The van der Waals surface area contributed by atoms with Crippen molar-refractivity contribution in [1.82, 2.24) is 5.32 Å². The Bertz CT molecular complexity index is 439. The van der Waals surface area contributed by atoms with Crippen molar-refractivity contribution in [2.24, 2.45) is 11.3 Å². The van der Waals surface area contributed by atoms with E-state index in [1.54, 1.807) is 0 Å². The first-order chi connectivity index (χ1) is 8.08. The molecule has 17 heavy (non-hydrogen) atoms. The molecule has 0 radical (unpaired) electrons. The van der Waals surface area contributed by atoms with Crippen LogP contribution in [0.1, 0.15) is 43.9 Å². The van der Waals surface area contributed by atoms with Crippen molar-refractivity contribution in [2.75, 3.05) is 6.54 Å². The zero-order valence-corrected chi connectivity index (χ0v) is 12.2. The van der Waals surface area contributed by atoms with Crippen molar-refractivity contribution < 1.29 is 0 Å². The van der Waals surface area contributed by atoms with E-state index in [9.17, 15) is 0 Å². The molecule has 3 rings (SSSR count). The van der Waals surface area contributed by atoms with Gasteiger partial charge < -0.3 is 5.32 Å². The van der Waals surface area contributed by atoms with Crippen LogP contribution in [0.5, 0.6) is 0 Å². The maximum atomic E-state index is 3.76. The molecular weight excluding hydrogens is 274 g/mol. The largest absolute Gasteiger partial charge is 0.310 e. The molecule has 0 bridgehead atoms. The summed E-state index contributed by atoms with van der Waals surface area (Å²) in [6, 6.07) is 7.18. The second-order valence-corrected chi connectivity index (χ2v) is 7.05. The highest BCUT2D eigenvalue weighted by atomic mass is 79.9. The van der Waals surface area contributed by atoms with Crippen LogP contribution < -0.4 is 5.32 Å². The number of rotatable bonds is 3. The summed E-state index contributed by atoms with van der Waals surface area (Å²) < 4.78 is 1.28. The van der Waals surface area contributed by atoms with Crippen LogP contribution in [0.25, 0.3) is 0 Å². The van der Waals surface area contributed by atoms with Gasteiger partial charge in [-0.3, -0.25) is 0 Å². The zero-order valence-electron chi connectivity index (χ0n) is 10.6. The maximum Gasteiger partial charge on any atom is 0.0326 e. The van der Waals surface area contributed by atoms with Crippen LogP contribution in [0.3, 0.4) is 0 Å². The molecule has 0 aromatic heterocycles. The number of halogens is 1. The lowest BCUT2D eigenvalue weighted by atomic mass is 10.1. The normalized spacial score (nSPS) is 29.1. The highest BCUT2D eigenvalue weighted by Gasteiger charge is 2.45. The molecule has 0 aliphatic heterocycles. The van der Waals surface area contributed by atoms with Gasteiger partial charge in [0.05, 0.1) is 0 Å². The lowest BCUT2D eigenvalue weighted by molar-refractivity contribution is 0.466. The fourth-order valence-corrected chi connectivity index (χ4v) is 3.61. The first-order valence-electron chi connectivity index (χ1n) is 6.58. The van der Waals surface area contributed by atoms with E-state index >= 15 is 0 Å². The summed E-state index contributed by atoms with van der Waals surface area (Å²) in [5, 5.41) is 3.76. The monoisotopic (exact) mass is 293 g/mol. The molecule has 2 atom stereocenters. The molecule has 1 fully saturated rings. The Morgan fingerprint density at radius 1 is 1.41 bits per heavy atom. The van der Waals surface area contributed by atoms with E-state index in [1.165, 1.54) is 41.4 Å². The standard InChI is InChI=1S/C15H20BrN/c1-15(2)8-10(15)9-17-14-7-6-11-12(14)4-3-5-13(11)16/h3-5,10,14,17H,6-9H2,1-2H3. The highest BCUT2D eigenvalue weighted by molar-refractivity contribution is 9.10. The van der Waals surface area contributed by atoms with Gasteiger partial charge in [-0.15, -0.1) is 0 Å². The third kappa shape index (κ3) is 2.17. The van der Waals surface area contributed by atoms with Crippen molar-refractivity contribution in [2.45, 2.75) is 39.2 Å². The maximum absolute atomic E-state index is 3.76. The van der Waals surface area contributed by atoms with Crippen LogP contribution >= 0.6 is 15.9 Å². The lowest BCUT2D eigenvalue weighted by Gasteiger charge is -2.15. The molecule has 0 spiro atoms. The van der Waals surface area contributed by atoms with Crippen LogP contribution in [0.2, 0.25) is 0 Å². The summed E-state index contributed by atoms with van der Waals surface area (Å²) >= 11 is 3.66. The van der Waals surface area contributed by atoms with E-state index in [4.69, 9.17) is 0 Å². The molecule has 2 heteroatoms. The Morgan fingerprint density at radius 3 is 2.88 bits per heavy atom. The quantitative estimate of drug-likeness (QED) is 0.886. The smallest absolute Gasteiger partial charge is 0.0326 e. The molecule has 2 aliphatic rings. The first-order valence-corrected chi connectivity index (χ1v) is 7.38. The summed E-state index contributed by atoms with van der Waals surface area (Å²) in [5.74, 6) is 0.888. The molecule has 0 amide bonds. The number of fused-ring (bicyclic) bond motifs is 1. The minimum atomic E-state index is 0.582. The van der Waals surface area contributed by atoms with E-state index in [0.29, 0.717) is 11.5 Å². The zero-order chi connectivity index (χ0) is 12.0. The Hall–Kier alpha value is -0.340. The van der Waals surface area contributed by atoms with E-state index in [0.717, 1.165) is 5.92 Å². The van der Waals surface area contributed by atoms with E-state index in [-0.39, 0.29) is 0 Å². The molecule has 0 heterocycles. The molecule has 2 unspecified atom stereocenters. The average molecular weight is 294 g/mol. The molecule has 1 aromatic carbocycles. The van der Waals surface area contributed by atoms with E-state index < -0.39 is 0 Å². The van der Waals surface area contributed by atoms with Crippen LogP contribution in [-0.4, -0.2) is 6.54 Å². The molecule has 1 N–H and O–H groups in total. The second kappa shape index (κ2) is 4.10. The number of nitrogens with one attached hydrogen (secondary N) is 1. The predicted molar refractivity (Wildman–Crippen MR) is 75.1 cm³/mol. The van der Waals surface area contributed by atoms with Gasteiger partial charge in [-0.1, -0.05) is 41.9 Å². The minimum Gasteiger partial charge on any atom is -0.310 e. The van der Waals surface area contributed by atoms with Gasteiger partial charge in [0, 0.05) is 10.5 Å². The van der Waals surface area contributed by atoms with Crippen LogP contribution in [-0.2, 0) is 6.42 Å². The second-order valence-electron chi connectivity index (χ2n) is 6.20. The van der Waals surface area contributed by atoms with Crippen LogP contribution in [0, 0.1) is 11.3 Å². The number of benzene rings is 1. The van der Waals surface area contributed by atoms with Crippen LogP contribution in [0.15, 0.2) is 22.7 Å². The minimum absolute atomic E-state index is 0.582. The van der Waals surface area contributed by atoms with Crippen molar-refractivity contribution in [3.8, 4) is 0 Å². The lowest BCUT2D eigenvalue weighted by Crippen LogP contribution is -2.22.